The Balaban J connectivity index is 2.01. The molecular weight excluding hydrogens is 402 g/mol. The molecule has 25 heavy (non-hydrogen) atoms. The monoisotopic (exact) mass is 417 g/mol. The number of carbonyl (C=O) groups excluding carboxylic acids is 1. The van der Waals surface area contributed by atoms with Gasteiger partial charge in [-0.2, -0.15) is 14.3 Å². The maximum absolute atomic E-state index is 11.5. The van der Waals surface area contributed by atoms with E-state index in [-0.39, 0.29) is 10.3 Å². The zero-order chi connectivity index (χ0) is 18.8. The van der Waals surface area contributed by atoms with E-state index in [1.165, 1.54) is 10.8 Å². The highest BCUT2D eigenvalue weighted by Gasteiger charge is 2.48. The third-order valence-electron chi connectivity index (χ3n) is 3.16. The third kappa shape index (κ3) is 5.83. The first-order chi connectivity index (χ1) is 11.5. The molecule has 0 saturated carbocycles. The molecular formula is C10H15N2O10P2S+. The molecule has 1 fully saturated rings. The summed E-state index contributed by atoms with van der Waals surface area (Å²) < 4.78 is 26.0. The topological polar surface area (TPSA) is 181 Å². The Kier molecular flexibility index (Phi) is 6.39. The summed E-state index contributed by atoms with van der Waals surface area (Å²) >= 11 is 5.00. The van der Waals surface area contributed by atoms with Gasteiger partial charge >= 0.3 is 16.0 Å². The fourth-order valence-electron chi connectivity index (χ4n) is 2.16. The lowest BCUT2D eigenvalue weighted by Crippen LogP contribution is -2.22. The highest BCUT2D eigenvalue weighted by Crippen LogP contribution is 2.63. The molecule has 1 saturated heterocycles. The molecule has 0 amide bonds. The minimum Gasteiger partial charge on any atom is -0.352 e. The first-order valence-corrected chi connectivity index (χ1v) is 10.2. The molecule has 12 nitrogen and oxygen atoms in total. The summed E-state index contributed by atoms with van der Waals surface area (Å²) in [4.78, 5) is 60.4. The van der Waals surface area contributed by atoms with Crippen molar-refractivity contribution in [2.24, 2.45) is 0 Å². The van der Waals surface area contributed by atoms with E-state index in [0.717, 1.165) is 0 Å². The third-order valence-corrected chi connectivity index (χ3v) is 5.66. The van der Waals surface area contributed by atoms with Gasteiger partial charge in [-0.05, 0) is 29.4 Å². The maximum Gasteiger partial charge on any atom is 0.580 e. The SMILES string of the molecule is O=Cc1cn(C2CCC(CO[P+](O)(O)OP(=O)(O)O)O2)c(=S)[nH]c1=O. The van der Waals surface area contributed by atoms with E-state index in [2.05, 4.69) is 13.8 Å². The summed E-state index contributed by atoms with van der Waals surface area (Å²) in [7, 11) is -9.83. The van der Waals surface area contributed by atoms with Crippen LogP contribution in [0.3, 0.4) is 0 Å². The van der Waals surface area contributed by atoms with Gasteiger partial charge < -0.3 is 14.5 Å². The van der Waals surface area contributed by atoms with Crippen molar-refractivity contribution in [3.05, 3.63) is 26.9 Å². The number of nitrogens with zero attached hydrogens (tertiary/aromatic N) is 1. The first-order valence-electron chi connectivity index (χ1n) is 6.73. The van der Waals surface area contributed by atoms with Crippen LogP contribution in [0.4, 0.5) is 0 Å². The van der Waals surface area contributed by atoms with Crippen LogP contribution in [-0.2, 0) is 18.1 Å². The van der Waals surface area contributed by atoms with Crippen molar-refractivity contribution >= 4 is 34.5 Å². The quantitative estimate of drug-likeness (QED) is 0.232. The lowest BCUT2D eigenvalue weighted by molar-refractivity contribution is -0.0263. The van der Waals surface area contributed by atoms with Gasteiger partial charge in [-0.15, -0.1) is 0 Å². The maximum atomic E-state index is 11.5. The number of aldehydes is 1. The molecule has 1 aliphatic heterocycles. The first kappa shape index (κ1) is 20.5. The minimum absolute atomic E-state index is 0.0400. The van der Waals surface area contributed by atoms with E-state index in [9.17, 15) is 23.9 Å². The van der Waals surface area contributed by atoms with E-state index >= 15 is 0 Å². The summed E-state index contributed by atoms with van der Waals surface area (Å²) in [5.74, 6) is 0. The Labute approximate surface area is 145 Å². The van der Waals surface area contributed by atoms with E-state index in [0.29, 0.717) is 19.1 Å². The van der Waals surface area contributed by atoms with Gasteiger partial charge in [0.05, 0.1) is 11.7 Å². The van der Waals surface area contributed by atoms with Crippen LogP contribution in [0.2, 0.25) is 0 Å². The predicted octanol–water partition coefficient (Wildman–Crippen LogP) is 0.184. The molecule has 2 heterocycles. The largest absolute Gasteiger partial charge is 0.580 e. The Hall–Kier alpha value is -0.850. The lowest BCUT2D eigenvalue weighted by Gasteiger charge is -2.17. The molecule has 2 rings (SSSR count). The van der Waals surface area contributed by atoms with Gasteiger partial charge in [-0.1, -0.05) is 0 Å². The number of aromatic nitrogens is 2. The highest BCUT2D eigenvalue weighted by molar-refractivity contribution is 7.71. The van der Waals surface area contributed by atoms with Crippen molar-refractivity contribution in [3.8, 4) is 0 Å². The molecule has 140 valence electrons. The molecule has 2 atom stereocenters. The summed E-state index contributed by atoms with van der Waals surface area (Å²) in [6.07, 6.45) is 1.12. The van der Waals surface area contributed by atoms with Crippen LogP contribution in [0.15, 0.2) is 11.0 Å². The van der Waals surface area contributed by atoms with Gasteiger partial charge in [0.2, 0.25) is 0 Å². The smallest absolute Gasteiger partial charge is 0.352 e. The molecule has 1 aliphatic rings. The van der Waals surface area contributed by atoms with Crippen molar-refractivity contribution in [3.63, 3.8) is 0 Å². The summed E-state index contributed by atoms with van der Waals surface area (Å²) in [6, 6.07) is 0. The zero-order valence-electron chi connectivity index (χ0n) is 12.4. The predicted molar refractivity (Wildman–Crippen MR) is 84.9 cm³/mol. The molecule has 1 aromatic heterocycles. The Morgan fingerprint density at radius 2 is 2.16 bits per heavy atom. The van der Waals surface area contributed by atoms with Crippen LogP contribution in [0.5, 0.6) is 0 Å². The van der Waals surface area contributed by atoms with Crippen molar-refractivity contribution in [1.29, 1.82) is 0 Å². The second-order valence-corrected chi connectivity index (χ2v) is 8.28. The van der Waals surface area contributed by atoms with E-state index in [1.807, 2.05) is 0 Å². The molecule has 0 radical (unpaired) electrons. The standard InChI is InChI=1S/C10H14N2O10P2S/c13-4-6-3-12(10(25)11-9(6)14)8-2-1-7(21-8)5-20-24(18,19)22-23(15,16)17/h3-4,7-8,18-19H,1-2,5H2,(H2-,11,14,15,16,17,25)/p+1. The summed E-state index contributed by atoms with van der Waals surface area (Å²) in [5, 5.41) is 0. The number of hydrogen-bond donors (Lipinski definition) is 5. The average Bonchev–Trinajstić information content (AvgIpc) is 2.92. The minimum atomic E-state index is -5.13. The Morgan fingerprint density at radius 1 is 1.48 bits per heavy atom. The van der Waals surface area contributed by atoms with Gasteiger partial charge in [0, 0.05) is 6.20 Å². The molecule has 5 N–H and O–H groups in total. The number of nitrogens with one attached hydrogen (secondary N) is 1. The van der Waals surface area contributed by atoms with Crippen molar-refractivity contribution in [2.75, 3.05) is 6.61 Å². The van der Waals surface area contributed by atoms with E-state index < -0.39 is 40.5 Å². The Morgan fingerprint density at radius 3 is 2.76 bits per heavy atom. The molecule has 1 aromatic rings. The van der Waals surface area contributed by atoms with Crippen LogP contribution >= 0.6 is 28.2 Å². The summed E-state index contributed by atoms with van der Waals surface area (Å²) in [6.45, 7) is -0.408. The molecule has 0 bridgehead atoms. The van der Waals surface area contributed by atoms with Crippen LogP contribution in [0.25, 0.3) is 0 Å². The second kappa shape index (κ2) is 7.80. The van der Waals surface area contributed by atoms with E-state index in [4.69, 9.17) is 26.7 Å². The number of carbonyl (C=O) groups is 1. The van der Waals surface area contributed by atoms with Gasteiger partial charge in [-0.3, -0.25) is 19.1 Å². The van der Waals surface area contributed by atoms with Crippen molar-refractivity contribution in [1.82, 2.24) is 9.55 Å². The highest BCUT2D eigenvalue weighted by atomic mass is 32.1. The van der Waals surface area contributed by atoms with Crippen molar-refractivity contribution < 1.29 is 42.5 Å². The van der Waals surface area contributed by atoms with Gasteiger partial charge in [0.1, 0.15) is 12.8 Å². The number of rotatable bonds is 7. The second-order valence-electron chi connectivity index (χ2n) is 5.02. The van der Waals surface area contributed by atoms with Gasteiger partial charge in [0.15, 0.2) is 11.1 Å². The number of phosphoric acid groups is 1. The van der Waals surface area contributed by atoms with E-state index in [1.54, 1.807) is 0 Å². The molecule has 0 aromatic carbocycles. The number of aromatic amines is 1. The normalized spacial score (nSPS) is 21.4. The molecule has 15 heteroatoms. The van der Waals surface area contributed by atoms with Crippen LogP contribution in [0, 0.1) is 4.77 Å². The zero-order valence-corrected chi connectivity index (χ0v) is 15.0. The number of H-pyrrole nitrogens is 1. The molecule has 0 aliphatic carbocycles. The summed E-state index contributed by atoms with van der Waals surface area (Å²) in [5.41, 5.74) is -0.763. The molecule has 2 unspecified atom stereocenters. The number of hydrogen-bond acceptors (Lipinski definition) is 9. The van der Waals surface area contributed by atoms with Crippen LogP contribution in [0.1, 0.15) is 29.4 Å². The van der Waals surface area contributed by atoms with Gasteiger partial charge in [0.25, 0.3) is 5.56 Å². The fourth-order valence-corrected chi connectivity index (χ4v) is 4.08. The van der Waals surface area contributed by atoms with Crippen LogP contribution < -0.4 is 5.56 Å². The Bertz CT molecular complexity index is 802. The number of ether oxygens (including phenoxy) is 1. The van der Waals surface area contributed by atoms with Gasteiger partial charge in [-0.25, -0.2) is 4.57 Å². The average molecular weight is 417 g/mol. The molecule has 0 spiro atoms. The van der Waals surface area contributed by atoms with Crippen molar-refractivity contribution in [2.45, 2.75) is 25.2 Å². The lowest BCUT2D eigenvalue weighted by atomic mass is 10.2. The van der Waals surface area contributed by atoms with Crippen LogP contribution in [-0.4, -0.2) is 48.1 Å². The fraction of sp³-hybridized carbons (Fsp3) is 0.500.